The second-order valence-corrected chi connectivity index (χ2v) is 6.85. The van der Waals surface area contributed by atoms with Gasteiger partial charge in [-0.05, 0) is 37.9 Å². The highest BCUT2D eigenvalue weighted by molar-refractivity contribution is 6.32. The van der Waals surface area contributed by atoms with Crippen LogP contribution in [0.3, 0.4) is 0 Å². The van der Waals surface area contributed by atoms with E-state index in [0.29, 0.717) is 16.3 Å². The molecule has 0 spiro atoms. The van der Waals surface area contributed by atoms with Gasteiger partial charge in [0.05, 0.1) is 32.3 Å². The van der Waals surface area contributed by atoms with Crippen molar-refractivity contribution in [1.29, 1.82) is 0 Å². The van der Waals surface area contributed by atoms with Crippen molar-refractivity contribution in [2.24, 2.45) is 0 Å². The van der Waals surface area contributed by atoms with Crippen LogP contribution < -0.4 is 10.7 Å². The average Bonchev–Trinajstić information content (AvgIpc) is 3.06. The Kier molecular flexibility index (Phi) is 4.09. The van der Waals surface area contributed by atoms with Crippen molar-refractivity contribution < 1.29 is 5.11 Å². The minimum Gasteiger partial charge on any atom is -0.506 e. The van der Waals surface area contributed by atoms with Gasteiger partial charge in [-0.2, -0.15) is 0 Å². The van der Waals surface area contributed by atoms with E-state index in [2.05, 4.69) is 29.2 Å². The van der Waals surface area contributed by atoms with Crippen LogP contribution in [0.2, 0.25) is 5.02 Å². The highest BCUT2D eigenvalue weighted by atomic mass is 35.5. The molecular weight excluding hydrogens is 352 g/mol. The first-order chi connectivity index (χ1) is 12.5. The largest absolute Gasteiger partial charge is 0.506 e. The molecule has 0 fully saturated rings. The number of anilines is 1. The van der Waals surface area contributed by atoms with Crippen LogP contribution in [-0.4, -0.2) is 46.1 Å². The molecule has 0 saturated heterocycles. The van der Waals surface area contributed by atoms with Gasteiger partial charge in [-0.3, -0.25) is 9.20 Å². The number of likely N-dealkylation sites (N-methyl/N-ethyl adjacent to an activating group) is 1. The Hall–Kier alpha value is -2.57. The van der Waals surface area contributed by atoms with E-state index in [-0.39, 0.29) is 16.2 Å². The molecule has 6 nitrogen and oxygen atoms in total. The fourth-order valence-corrected chi connectivity index (χ4v) is 3.43. The second-order valence-electron chi connectivity index (χ2n) is 6.44. The van der Waals surface area contributed by atoms with Crippen LogP contribution in [0, 0.1) is 0 Å². The number of phenols is 1. The molecule has 0 unspecified atom stereocenters. The molecule has 0 atom stereocenters. The number of benzene rings is 2. The summed E-state index contributed by atoms with van der Waals surface area (Å²) in [5.74, 6) is -0.103. The van der Waals surface area contributed by atoms with Gasteiger partial charge in [0.2, 0.25) is 0 Å². The molecule has 7 heteroatoms. The third kappa shape index (κ3) is 2.53. The Morgan fingerprint density at radius 3 is 2.92 bits per heavy atom. The van der Waals surface area contributed by atoms with Crippen LogP contribution in [0.15, 0.2) is 35.4 Å². The van der Waals surface area contributed by atoms with E-state index >= 15 is 0 Å². The van der Waals surface area contributed by atoms with Crippen LogP contribution in [0.4, 0.5) is 5.69 Å². The van der Waals surface area contributed by atoms with E-state index in [1.54, 1.807) is 12.4 Å². The summed E-state index contributed by atoms with van der Waals surface area (Å²) in [5, 5.41) is 14.5. The molecule has 26 heavy (non-hydrogen) atoms. The number of pyridine rings is 1. The second kappa shape index (κ2) is 6.30. The van der Waals surface area contributed by atoms with Crippen molar-refractivity contribution in [3.63, 3.8) is 0 Å². The summed E-state index contributed by atoms with van der Waals surface area (Å²) in [7, 11) is 2.05. The minimum absolute atomic E-state index is 0.103. The smallest absolute Gasteiger partial charge is 0.199 e. The molecule has 2 aromatic heterocycles. The fraction of sp³-hybridized carbons (Fsp3) is 0.263. The number of halogens is 1. The predicted octanol–water partition coefficient (Wildman–Crippen LogP) is 3.16. The average molecular weight is 371 g/mol. The fourth-order valence-electron chi connectivity index (χ4n) is 3.27. The summed E-state index contributed by atoms with van der Waals surface area (Å²) in [5.41, 5.74) is 2.78. The maximum Gasteiger partial charge on any atom is 0.199 e. The zero-order chi connectivity index (χ0) is 18.4. The molecule has 4 aromatic rings. The minimum atomic E-state index is -0.142. The Morgan fingerprint density at radius 1 is 1.35 bits per heavy atom. The standard InChI is InChI=1S/C19H19ClN4O2/c1-3-23(2)7-6-21-13-4-5-14-18-17(13)19(26)11-8-16(25)12(20)9-15(11)24(18)10-22-14/h4-5,8-10,21,25H,3,6-7H2,1-2H3. The molecule has 0 amide bonds. The molecule has 0 aliphatic heterocycles. The van der Waals surface area contributed by atoms with Crippen molar-refractivity contribution in [1.82, 2.24) is 14.3 Å². The lowest BCUT2D eigenvalue weighted by atomic mass is 10.1. The highest BCUT2D eigenvalue weighted by Crippen LogP contribution is 2.32. The van der Waals surface area contributed by atoms with Crippen LogP contribution in [0.25, 0.3) is 27.3 Å². The number of imidazole rings is 1. The molecule has 134 valence electrons. The van der Waals surface area contributed by atoms with Crippen molar-refractivity contribution in [2.75, 3.05) is 32.0 Å². The quantitative estimate of drug-likeness (QED) is 0.528. The van der Waals surface area contributed by atoms with Gasteiger partial charge in [-0.15, -0.1) is 0 Å². The molecule has 0 aliphatic rings. The normalized spacial score (nSPS) is 12.0. The van der Waals surface area contributed by atoms with Crippen LogP contribution >= 0.6 is 11.6 Å². The van der Waals surface area contributed by atoms with Crippen LogP contribution in [0.5, 0.6) is 5.75 Å². The Balaban J connectivity index is 1.95. The lowest BCUT2D eigenvalue weighted by Gasteiger charge is -2.16. The van der Waals surface area contributed by atoms with Gasteiger partial charge >= 0.3 is 0 Å². The van der Waals surface area contributed by atoms with Gasteiger partial charge in [0.15, 0.2) is 5.43 Å². The zero-order valence-electron chi connectivity index (χ0n) is 14.6. The molecule has 0 saturated carbocycles. The van der Waals surface area contributed by atoms with Gasteiger partial charge in [0.25, 0.3) is 0 Å². The number of aromatic hydroxyl groups is 1. The molecule has 2 N–H and O–H groups in total. The number of hydrogen-bond donors (Lipinski definition) is 2. The predicted molar refractivity (Wildman–Crippen MR) is 106 cm³/mol. The zero-order valence-corrected chi connectivity index (χ0v) is 15.3. The number of phenolic OH excluding ortho intramolecular Hbond substituents is 1. The number of aromatic nitrogens is 2. The Morgan fingerprint density at radius 2 is 2.15 bits per heavy atom. The molecule has 0 aliphatic carbocycles. The number of fused-ring (bicyclic) bond motifs is 2. The first-order valence-electron chi connectivity index (χ1n) is 8.51. The Labute approximate surface area is 155 Å². The van der Waals surface area contributed by atoms with E-state index in [9.17, 15) is 9.90 Å². The van der Waals surface area contributed by atoms with Crippen molar-refractivity contribution in [3.05, 3.63) is 45.8 Å². The van der Waals surface area contributed by atoms with Gasteiger partial charge in [-0.1, -0.05) is 18.5 Å². The van der Waals surface area contributed by atoms with Crippen LogP contribution in [-0.2, 0) is 0 Å². The molecule has 0 bridgehead atoms. The third-order valence-corrected chi connectivity index (χ3v) is 5.16. The number of rotatable bonds is 5. The van der Waals surface area contributed by atoms with E-state index < -0.39 is 0 Å². The monoisotopic (exact) mass is 370 g/mol. The summed E-state index contributed by atoms with van der Waals surface area (Å²) in [6.45, 7) is 4.66. The van der Waals surface area contributed by atoms with Crippen molar-refractivity contribution >= 4 is 44.6 Å². The molecule has 2 heterocycles. The SMILES string of the molecule is CCN(C)CCNc1ccc2ncn3c4cc(Cl)c(O)cc4c(=O)c1c23. The number of nitrogens with one attached hydrogen (secondary N) is 1. The highest BCUT2D eigenvalue weighted by Gasteiger charge is 2.17. The Bertz CT molecular complexity index is 1170. The summed E-state index contributed by atoms with van der Waals surface area (Å²) in [6.07, 6.45) is 1.68. The van der Waals surface area contributed by atoms with E-state index in [1.807, 2.05) is 16.5 Å². The van der Waals surface area contributed by atoms with Crippen molar-refractivity contribution in [2.45, 2.75) is 6.92 Å². The van der Waals surface area contributed by atoms with Crippen molar-refractivity contribution in [3.8, 4) is 5.75 Å². The maximum atomic E-state index is 13.2. The van der Waals surface area contributed by atoms with E-state index in [0.717, 1.165) is 36.4 Å². The number of hydrogen-bond acceptors (Lipinski definition) is 5. The lowest BCUT2D eigenvalue weighted by molar-refractivity contribution is 0.367. The summed E-state index contributed by atoms with van der Waals surface area (Å²) in [4.78, 5) is 19.8. The third-order valence-electron chi connectivity index (χ3n) is 4.86. The van der Waals surface area contributed by atoms with Crippen LogP contribution in [0.1, 0.15) is 6.92 Å². The molecule has 2 aromatic carbocycles. The van der Waals surface area contributed by atoms with Gasteiger partial charge in [0, 0.05) is 18.8 Å². The topological polar surface area (TPSA) is 69.9 Å². The first-order valence-corrected chi connectivity index (χ1v) is 8.89. The van der Waals surface area contributed by atoms with Gasteiger partial charge < -0.3 is 15.3 Å². The van der Waals surface area contributed by atoms with E-state index in [1.165, 1.54) is 6.07 Å². The molecule has 0 radical (unpaired) electrons. The van der Waals surface area contributed by atoms with Gasteiger partial charge in [-0.25, -0.2) is 4.98 Å². The summed E-state index contributed by atoms with van der Waals surface area (Å²) < 4.78 is 1.86. The number of nitrogens with zero attached hydrogens (tertiary/aromatic N) is 3. The molecular formula is C19H19ClN4O2. The molecule has 4 rings (SSSR count). The van der Waals surface area contributed by atoms with E-state index in [4.69, 9.17) is 11.6 Å². The maximum absolute atomic E-state index is 13.2. The first kappa shape index (κ1) is 16.9. The van der Waals surface area contributed by atoms with Gasteiger partial charge in [0.1, 0.15) is 12.1 Å². The summed E-state index contributed by atoms with van der Waals surface area (Å²) in [6, 6.07) is 6.82. The summed E-state index contributed by atoms with van der Waals surface area (Å²) >= 11 is 6.05. The lowest BCUT2D eigenvalue weighted by Crippen LogP contribution is -2.25.